The van der Waals surface area contributed by atoms with E-state index < -0.39 is 0 Å². The van der Waals surface area contributed by atoms with Crippen LogP contribution in [-0.4, -0.2) is 29.1 Å². The number of aromatic amines is 1. The van der Waals surface area contributed by atoms with Crippen molar-refractivity contribution in [2.75, 3.05) is 0 Å². The van der Waals surface area contributed by atoms with Crippen LogP contribution in [0.2, 0.25) is 5.02 Å². The van der Waals surface area contributed by atoms with Gasteiger partial charge in [0.1, 0.15) is 11.0 Å². The summed E-state index contributed by atoms with van der Waals surface area (Å²) >= 11 is 7.64. The van der Waals surface area contributed by atoms with E-state index in [-0.39, 0.29) is 11.1 Å². The van der Waals surface area contributed by atoms with E-state index in [2.05, 4.69) is 20.2 Å². The van der Waals surface area contributed by atoms with Crippen LogP contribution >= 0.6 is 23.4 Å². The summed E-state index contributed by atoms with van der Waals surface area (Å²) in [6.07, 6.45) is 3.11. The van der Waals surface area contributed by atoms with Crippen LogP contribution in [0, 0.1) is 0 Å². The minimum atomic E-state index is -0.282. The minimum absolute atomic E-state index is 0.170. The quantitative estimate of drug-likeness (QED) is 0.343. The van der Waals surface area contributed by atoms with Gasteiger partial charge in [0.15, 0.2) is 10.8 Å². The molecule has 0 aliphatic heterocycles. The van der Waals surface area contributed by atoms with Gasteiger partial charge in [0.05, 0.1) is 22.6 Å². The van der Waals surface area contributed by atoms with Gasteiger partial charge >= 0.3 is 0 Å². The number of rotatable bonds is 4. The lowest BCUT2D eigenvalue weighted by atomic mass is 10.3. The van der Waals surface area contributed by atoms with Crippen molar-refractivity contribution in [3.63, 3.8) is 0 Å². The van der Waals surface area contributed by atoms with Gasteiger partial charge in [-0.05, 0) is 24.3 Å². The molecular formula is C20H13ClN6O2S. The summed E-state index contributed by atoms with van der Waals surface area (Å²) in [4.78, 5) is 34.6. The molecule has 0 aliphatic carbocycles. The molecule has 0 bridgehead atoms. The van der Waals surface area contributed by atoms with E-state index in [0.717, 1.165) is 0 Å². The first kappa shape index (κ1) is 18.6. The second kappa shape index (κ2) is 7.43. The number of fused-ring (bicyclic) bond motifs is 2. The summed E-state index contributed by atoms with van der Waals surface area (Å²) in [5.41, 5.74) is 1.60. The molecule has 0 aliphatic rings. The third kappa shape index (κ3) is 3.17. The van der Waals surface area contributed by atoms with Gasteiger partial charge < -0.3 is 0 Å². The Kier molecular flexibility index (Phi) is 4.61. The molecule has 8 nitrogen and oxygen atoms in total. The van der Waals surface area contributed by atoms with Crippen LogP contribution in [0.15, 0.2) is 75.7 Å². The Morgan fingerprint density at radius 1 is 1.07 bits per heavy atom. The maximum atomic E-state index is 13.1. The lowest BCUT2D eigenvalue weighted by Gasteiger charge is -2.13. The van der Waals surface area contributed by atoms with E-state index >= 15 is 0 Å². The van der Waals surface area contributed by atoms with Gasteiger partial charge in [0.2, 0.25) is 0 Å². The molecule has 30 heavy (non-hydrogen) atoms. The number of benzene rings is 1. The predicted octanol–water partition coefficient (Wildman–Crippen LogP) is 3.06. The van der Waals surface area contributed by atoms with Crippen molar-refractivity contribution >= 4 is 40.0 Å². The maximum Gasteiger partial charge on any atom is 0.269 e. The monoisotopic (exact) mass is 436 g/mol. The Morgan fingerprint density at radius 2 is 1.90 bits per heavy atom. The van der Waals surface area contributed by atoms with E-state index in [9.17, 15) is 9.59 Å². The van der Waals surface area contributed by atoms with Crippen LogP contribution in [0.1, 0.15) is 5.69 Å². The SMILES string of the molecule is O=c1c2cn[nH]c2nc(SCc2cc(=O)n3ccccc3n2)n1-c1ccccc1Cl. The zero-order valence-corrected chi connectivity index (χ0v) is 16.9. The number of para-hydroxylation sites is 1. The number of hydrogen-bond donors (Lipinski definition) is 1. The minimum Gasteiger partial charge on any atom is -0.269 e. The molecule has 5 rings (SSSR count). The van der Waals surface area contributed by atoms with Crippen LogP contribution < -0.4 is 11.1 Å². The molecule has 4 heterocycles. The second-order valence-electron chi connectivity index (χ2n) is 6.42. The molecule has 0 fully saturated rings. The van der Waals surface area contributed by atoms with Crippen molar-refractivity contribution in [1.29, 1.82) is 0 Å². The van der Waals surface area contributed by atoms with E-state index in [1.807, 2.05) is 6.07 Å². The molecule has 1 aromatic carbocycles. The first-order chi connectivity index (χ1) is 14.6. The van der Waals surface area contributed by atoms with Crippen molar-refractivity contribution in [3.05, 3.63) is 92.3 Å². The summed E-state index contributed by atoms with van der Waals surface area (Å²) < 4.78 is 2.93. The van der Waals surface area contributed by atoms with E-state index in [0.29, 0.717) is 44.0 Å². The van der Waals surface area contributed by atoms with Gasteiger partial charge in [-0.25, -0.2) is 9.97 Å². The first-order valence-corrected chi connectivity index (χ1v) is 10.3. The normalized spacial score (nSPS) is 11.4. The maximum absolute atomic E-state index is 13.1. The zero-order chi connectivity index (χ0) is 20.7. The molecule has 0 atom stereocenters. The molecule has 5 aromatic rings. The number of hydrogen-bond acceptors (Lipinski definition) is 6. The van der Waals surface area contributed by atoms with Crippen molar-refractivity contribution < 1.29 is 0 Å². The highest BCUT2D eigenvalue weighted by molar-refractivity contribution is 7.98. The van der Waals surface area contributed by atoms with Crippen molar-refractivity contribution in [1.82, 2.24) is 29.1 Å². The largest absolute Gasteiger partial charge is 0.269 e. The summed E-state index contributed by atoms with van der Waals surface area (Å²) in [6.45, 7) is 0. The Hall–Kier alpha value is -3.43. The standard InChI is InChI=1S/C20H13ClN6O2S/c21-14-5-1-2-6-15(14)27-19(29)13-10-22-25-18(13)24-20(27)30-11-12-9-17(28)26-8-4-3-7-16(26)23-12/h1-10H,11H2,(H,22,25). The molecule has 0 spiro atoms. The first-order valence-electron chi connectivity index (χ1n) is 8.93. The average Bonchev–Trinajstić information content (AvgIpc) is 3.22. The number of halogens is 1. The number of nitrogens with one attached hydrogen (secondary N) is 1. The summed E-state index contributed by atoms with van der Waals surface area (Å²) in [6, 6.07) is 13.9. The molecule has 0 radical (unpaired) electrons. The molecule has 0 saturated heterocycles. The van der Waals surface area contributed by atoms with Gasteiger partial charge in [0.25, 0.3) is 11.1 Å². The third-order valence-electron chi connectivity index (χ3n) is 4.52. The average molecular weight is 437 g/mol. The van der Waals surface area contributed by atoms with Gasteiger partial charge in [-0.1, -0.05) is 41.6 Å². The summed E-state index contributed by atoms with van der Waals surface area (Å²) in [5.74, 6) is 0.344. The smallest absolute Gasteiger partial charge is 0.269 e. The second-order valence-corrected chi connectivity index (χ2v) is 7.77. The highest BCUT2D eigenvalue weighted by atomic mass is 35.5. The molecule has 4 aromatic heterocycles. The lowest BCUT2D eigenvalue weighted by molar-refractivity contribution is 0.815. The fraction of sp³-hybridized carbons (Fsp3) is 0.0500. The molecular weight excluding hydrogens is 424 g/mol. The van der Waals surface area contributed by atoms with E-state index in [1.54, 1.807) is 42.6 Å². The number of pyridine rings is 1. The van der Waals surface area contributed by atoms with Crippen LogP contribution in [-0.2, 0) is 5.75 Å². The predicted molar refractivity (Wildman–Crippen MR) is 116 cm³/mol. The fourth-order valence-corrected chi connectivity index (χ4v) is 4.24. The van der Waals surface area contributed by atoms with Crippen LogP contribution in [0.4, 0.5) is 0 Å². The van der Waals surface area contributed by atoms with E-state index in [4.69, 9.17) is 11.6 Å². The molecule has 0 saturated carbocycles. The zero-order valence-electron chi connectivity index (χ0n) is 15.3. The molecule has 0 amide bonds. The van der Waals surface area contributed by atoms with Crippen molar-refractivity contribution in [3.8, 4) is 5.69 Å². The van der Waals surface area contributed by atoms with Gasteiger partial charge in [-0.3, -0.25) is 23.7 Å². The summed E-state index contributed by atoms with van der Waals surface area (Å²) in [5, 5.41) is 7.86. The number of thioether (sulfide) groups is 1. The summed E-state index contributed by atoms with van der Waals surface area (Å²) in [7, 11) is 0. The van der Waals surface area contributed by atoms with Gasteiger partial charge in [-0.2, -0.15) is 5.10 Å². The van der Waals surface area contributed by atoms with Gasteiger partial charge in [-0.15, -0.1) is 0 Å². The van der Waals surface area contributed by atoms with Crippen LogP contribution in [0.25, 0.3) is 22.4 Å². The fourth-order valence-electron chi connectivity index (χ4n) is 3.13. The number of H-pyrrole nitrogens is 1. The molecule has 0 unspecified atom stereocenters. The lowest BCUT2D eigenvalue weighted by Crippen LogP contribution is -2.21. The van der Waals surface area contributed by atoms with Gasteiger partial charge in [0, 0.05) is 18.0 Å². The molecule has 1 N–H and O–H groups in total. The van der Waals surface area contributed by atoms with Crippen molar-refractivity contribution in [2.45, 2.75) is 10.9 Å². The Balaban J connectivity index is 1.61. The van der Waals surface area contributed by atoms with Crippen LogP contribution in [0.3, 0.4) is 0 Å². The van der Waals surface area contributed by atoms with Crippen molar-refractivity contribution in [2.24, 2.45) is 0 Å². The Bertz CT molecular complexity index is 1520. The topological polar surface area (TPSA) is 97.9 Å². The molecule has 148 valence electrons. The van der Waals surface area contributed by atoms with Crippen LogP contribution in [0.5, 0.6) is 0 Å². The number of aromatic nitrogens is 6. The third-order valence-corrected chi connectivity index (χ3v) is 5.81. The Morgan fingerprint density at radius 3 is 2.77 bits per heavy atom. The van der Waals surface area contributed by atoms with E-state index in [1.165, 1.54) is 33.0 Å². The number of nitrogens with zero attached hydrogens (tertiary/aromatic N) is 5. The Labute approximate surface area is 178 Å². The molecule has 10 heteroatoms. The highest BCUT2D eigenvalue weighted by Gasteiger charge is 2.17. The highest BCUT2D eigenvalue weighted by Crippen LogP contribution is 2.26.